The number of phenols is 1. The molecular weight excluding hydrogens is 343 g/mol. The van der Waals surface area contributed by atoms with Crippen LogP contribution in [-0.2, 0) is 9.84 Å². The molecule has 2 aromatic carbocycles. The van der Waals surface area contributed by atoms with Gasteiger partial charge in [0.25, 0.3) is 0 Å². The van der Waals surface area contributed by atoms with Crippen LogP contribution in [0.2, 0.25) is 0 Å². The summed E-state index contributed by atoms with van der Waals surface area (Å²) < 4.78 is 38.5. The summed E-state index contributed by atoms with van der Waals surface area (Å²) in [5.41, 5.74) is 2.47. The van der Waals surface area contributed by atoms with E-state index in [1.807, 2.05) is 0 Å². The van der Waals surface area contributed by atoms with Gasteiger partial charge in [-0.05, 0) is 48.4 Å². The van der Waals surface area contributed by atoms with Gasteiger partial charge in [-0.3, -0.25) is 4.98 Å². The zero-order valence-corrected chi connectivity index (χ0v) is 13.9. The molecule has 0 saturated heterocycles. The number of rotatable bonds is 2. The number of nitrogens with zero attached hydrogens (tertiary/aromatic N) is 1. The Morgan fingerprint density at radius 1 is 1.12 bits per heavy atom. The van der Waals surface area contributed by atoms with E-state index >= 15 is 0 Å². The van der Waals surface area contributed by atoms with Crippen molar-refractivity contribution < 1.29 is 17.9 Å². The van der Waals surface area contributed by atoms with Gasteiger partial charge in [-0.1, -0.05) is 0 Å². The second-order valence-electron chi connectivity index (χ2n) is 5.86. The van der Waals surface area contributed by atoms with Crippen LogP contribution >= 0.6 is 0 Å². The van der Waals surface area contributed by atoms with Gasteiger partial charge in [-0.2, -0.15) is 0 Å². The second-order valence-corrected chi connectivity index (χ2v) is 7.62. The van der Waals surface area contributed by atoms with Crippen LogP contribution < -0.4 is 5.32 Å². The highest BCUT2D eigenvalue weighted by Gasteiger charge is 2.26. The molecule has 0 unspecified atom stereocenters. The molecule has 3 aromatic rings. The Morgan fingerprint density at radius 3 is 2.72 bits per heavy atom. The lowest BCUT2D eigenvalue weighted by Crippen LogP contribution is -1.98. The normalized spacial score (nSPS) is 15.0. The van der Waals surface area contributed by atoms with Crippen molar-refractivity contribution in [3.05, 3.63) is 59.4 Å². The number of aromatic nitrogens is 1. The summed E-state index contributed by atoms with van der Waals surface area (Å²) in [5, 5.41) is 14.2. The molecule has 2 heterocycles. The summed E-state index contributed by atoms with van der Waals surface area (Å²) >= 11 is 0. The third kappa shape index (κ3) is 2.53. The molecule has 0 saturated carbocycles. The van der Waals surface area contributed by atoms with Gasteiger partial charge in [-0.15, -0.1) is 0 Å². The van der Waals surface area contributed by atoms with E-state index in [1.165, 1.54) is 17.5 Å². The molecule has 0 amide bonds. The minimum Gasteiger partial charge on any atom is -0.508 e. The highest BCUT2D eigenvalue weighted by Crippen LogP contribution is 2.38. The molecule has 1 aliphatic heterocycles. The first-order valence-corrected chi connectivity index (χ1v) is 9.02. The number of allylic oxidation sites excluding steroid dienone is 1. The van der Waals surface area contributed by atoms with Crippen LogP contribution in [0.15, 0.2) is 52.9 Å². The lowest BCUT2D eigenvalue weighted by Gasteiger charge is -2.12. The molecular formula is C18H13FN2O3S. The lowest BCUT2D eigenvalue weighted by molar-refractivity contribution is 0.473. The Kier molecular flexibility index (Phi) is 3.30. The SMILES string of the molecule is CC1=CS(=O)(=O)c2cc3c(Nc4cc(O)ccc4F)ccnc3cc21. The zero-order valence-electron chi connectivity index (χ0n) is 13.1. The van der Waals surface area contributed by atoms with Gasteiger partial charge in [0, 0.05) is 28.7 Å². The molecule has 126 valence electrons. The molecule has 7 heteroatoms. The van der Waals surface area contributed by atoms with Crippen LogP contribution in [0, 0.1) is 5.82 Å². The molecule has 0 aliphatic carbocycles. The van der Waals surface area contributed by atoms with Gasteiger partial charge in [0.1, 0.15) is 11.6 Å². The first-order chi connectivity index (χ1) is 11.8. The van der Waals surface area contributed by atoms with Gasteiger partial charge >= 0.3 is 0 Å². The largest absolute Gasteiger partial charge is 0.508 e. The Bertz CT molecular complexity index is 1170. The van der Waals surface area contributed by atoms with Crippen LogP contribution in [0.25, 0.3) is 16.5 Å². The van der Waals surface area contributed by atoms with Crippen molar-refractivity contribution in [3.8, 4) is 5.75 Å². The van der Waals surface area contributed by atoms with E-state index in [0.29, 0.717) is 27.7 Å². The third-order valence-corrected chi connectivity index (χ3v) is 5.74. The molecule has 2 N–H and O–H groups in total. The number of aromatic hydroxyl groups is 1. The topological polar surface area (TPSA) is 79.3 Å². The van der Waals surface area contributed by atoms with Crippen molar-refractivity contribution >= 4 is 37.7 Å². The first-order valence-electron chi connectivity index (χ1n) is 7.47. The smallest absolute Gasteiger partial charge is 0.200 e. The fourth-order valence-electron chi connectivity index (χ4n) is 2.94. The molecule has 1 aliphatic rings. The standard InChI is InChI=1S/C18H13FN2O3S/c1-10-9-25(23,24)18-8-13-15(4-5-20-16(13)7-12(10)18)21-17-6-11(22)2-3-14(17)19/h2-9,22H,1H3,(H,20,21). The average Bonchev–Trinajstić information content (AvgIpc) is 2.78. The summed E-state index contributed by atoms with van der Waals surface area (Å²) in [6.07, 6.45) is 1.56. The molecule has 1 aromatic heterocycles. The molecule has 0 bridgehead atoms. The maximum atomic E-state index is 14.0. The Morgan fingerprint density at radius 2 is 1.92 bits per heavy atom. The minimum absolute atomic E-state index is 0.0782. The fraction of sp³-hybridized carbons (Fsp3) is 0.0556. The van der Waals surface area contributed by atoms with Crippen molar-refractivity contribution in [2.75, 3.05) is 5.32 Å². The maximum absolute atomic E-state index is 14.0. The monoisotopic (exact) mass is 356 g/mol. The van der Waals surface area contributed by atoms with Crippen molar-refractivity contribution in [2.24, 2.45) is 0 Å². The number of sulfone groups is 1. The van der Waals surface area contributed by atoms with Crippen LogP contribution in [-0.4, -0.2) is 18.5 Å². The van der Waals surface area contributed by atoms with Crippen LogP contribution in [0.3, 0.4) is 0 Å². The number of phenolic OH excluding ortho intramolecular Hbond substituents is 1. The highest BCUT2D eigenvalue weighted by molar-refractivity contribution is 7.95. The first kappa shape index (κ1) is 15.6. The number of halogens is 1. The molecule has 4 rings (SSSR count). The van der Waals surface area contributed by atoms with Crippen molar-refractivity contribution in [2.45, 2.75) is 11.8 Å². The third-order valence-electron chi connectivity index (χ3n) is 4.13. The van der Waals surface area contributed by atoms with Crippen LogP contribution in [0.4, 0.5) is 15.8 Å². The number of nitrogens with one attached hydrogen (secondary N) is 1. The summed E-state index contributed by atoms with van der Waals surface area (Å²) in [5.74, 6) is -0.611. The molecule has 0 radical (unpaired) electrons. The summed E-state index contributed by atoms with van der Waals surface area (Å²) in [7, 11) is -3.48. The Labute approximate surface area is 143 Å². The number of hydrogen-bond donors (Lipinski definition) is 2. The van der Waals surface area contributed by atoms with Gasteiger partial charge in [-0.25, -0.2) is 12.8 Å². The molecule has 0 spiro atoms. The van der Waals surface area contributed by atoms with E-state index in [0.717, 1.165) is 6.07 Å². The van der Waals surface area contributed by atoms with Gasteiger partial charge in [0.05, 0.1) is 16.1 Å². The fourth-order valence-corrected chi connectivity index (χ4v) is 4.47. The van der Waals surface area contributed by atoms with Gasteiger partial charge < -0.3 is 10.4 Å². The summed E-state index contributed by atoms with van der Waals surface area (Å²) in [6.45, 7) is 1.74. The number of hydrogen-bond acceptors (Lipinski definition) is 5. The number of fused-ring (bicyclic) bond motifs is 2. The van der Waals surface area contributed by atoms with Gasteiger partial charge in [0.2, 0.25) is 9.84 Å². The number of pyridine rings is 1. The van der Waals surface area contributed by atoms with E-state index in [4.69, 9.17) is 0 Å². The quantitative estimate of drug-likeness (QED) is 0.726. The Hall–Kier alpha value is -2.93. The van der Waals surface area contributed by atoms with Crippen molar-refractivity contribution in [1.29, 1.82) is 0 Å². The molecule has 0 fully saturated rings. The molecule has 5 nitrogen and oxygen atoms in total. The van der Waals surface area contributed by atoms with E-state index in [9.17, 15) is 17.9 Å². The number of benzene rings is 2. The highest BCUT2D eigenvalue weighted by atomic mass is 32.2. The maximum Gasteiger partial charge on any atom is 0.200 e. The van der Waals surface area contributed by atoms with Crippen LogP contribution in [0.1, 0.15) is 12.5 Å². The minimum atomic E-state index is -3.48. The van der Waals surface area contributed by atoms with Crippen molar-refractivity contribution in [3.63, 3.8) is 0 Å². The van der Waals surface area contributed by atoms with Gasteiger partial charge in [0.15, 0.2) is 0 Å². The summed E-state index contributed by atoms with van der Waals surface area (Å²) in [6, 6.07) is 8.54. The molecule has 25 heavy (non-hydrogen) atoms. The molecule has 0 atom stereocenters. The second kappa shape index (κ2) is 5.29. The Balaban J connectivity index is 1.91. The predicted molar refractivity (Wildman–Crippen MR) is 93.9 cm³/mol. The zero-order chi connectivity index (χ0) is 17.8. The van der Waals surface area contributed by atoms with E-state index < -0.39 is 15.7 Å². The predicted octanol–water partition coefficient (Wildman–Crippen LogP) is 3.97. The summed E-state index contributed by atoms with van der Waals surface area (Å²) in [4.78, 5) is 4.49. The van der Waals surface area contributed by atoms with E-state index in [-0.39, 0.29) is 16.3 Å². The van der Waals surface area contributed by atoms with E-state index in [1.54, 1.807) is 31.3 Å². The number of anilines is 2. The lowest BCUT2D eigenvalue weighted by atomic mass is 10.1. The van der Waals surface area contributed by atoms with Crippen LogP contribution in [0.5, 0.6) is 5.75 Å². The van der Waals surface area contributed by atoms with E-state index in [2.05, 4.69) is 10.3 Å². The average molecular weight is 356 g/mol. The van der Waals surface area contributed by atoms with Crippen molar-refractivity contribution in [1.82, 2.24) is 4.98 Å².